The van der Waals surface area contributed by atoms with E-state index < -0.39 is 5.82 Å². The van der Waals surface area contributed by atoms with Crippen molar-refractivity contribution in [2.45, 2.75) is 32.9 Å². The van der Waals surface area contributed by atoms with E-state index in [1.54, 1.807) is 12.1 Å². The predicted molar refractivity (Wildman–Crippen MR) is 76.3 cm³/mol. The van der Waals surface area contributed by atoms with Gasteiger partial charge in [-0.25, -0.2) is 4.39 Å². The van der Waals surface area contributed by atoms with Crippen molar-refractivity contribution in [3.05, 3.63) is 35.1 Å². The summed E-state index contributed by atoms with van der Waals surface area (Å²) < 4.78 is 19.4. The van der Waals surface area contributed by atoms with Crippen molar-refractivity contribution >= 4 is 5.84 Å². The summed E-state index contributed by atoms with van der Waals surface area (Å²) in [5.41, 5.74) is 5.98. The molecule has 0 amide bonds. The molecule has 20 heavy (non-hydrogen) atoms. The Balaban J connectivity index is 2.62. The summed E-state index contributed by atoms with van der Waals surface area (Å²) in [7, 11) is 0. The zero-order valence-electron chi connectivity index (χ0n) is 12.1. The Morgan fingerprint density at radius 2 is 2.20 bits per heavy atom. The summed E-state index contributed by atoms with van der Waals surface area (Å²) in [6, 6.07) is 4.48. The van der Waals surface area contributed by atoms with Gasteiger partial charge in [-0.1, -0.05) is 17.3 Å². The zero-order chi connectivity index (χ0) is 15.2. The minimum absolute atomic E-state index is 0.110. The third kappa shape index (κ3) is 4.79. The molecule has 112 valence electrons. The van der Waals surface area contributed by atoms with Crippen molar-refractivity contribution in [1.82, 2.24) is 5.32 Å². The van der Waals surface area contributed by atoms with E-state index in [0.29, 0.717) is 30.8 Å². The van der Waals surface area contributed by atoms with Crippen LogP contribution >= 0.6 is 0 Å². The molecule has 0 aliphatic carbocycles. The molecule has 1 aromatic carbocycles. The van der Waals surface area contributed by atoms with Crippen LogP contribution in [0.1, 0.15) is 31.9 Å². The number of hydrogen-bond acceptors (Lipinski definition) is 4. The molecule has 0 aliphatic heterocycles. The summed E-state index contributed by atoms with van der Waals surface area (Å²) in [5.74, 6) is -0.503. The van der Waals surface area contributed by atoms with Gasteiger partial charge in [0.2, 0.25) is 0 Å². The number of ether oxygens (including phenoxy) is 1. The molecule has 0 saturated heterocycles. The highest BCUT2D eigenvalue weighted by Crippen LogP contribution is 2.12. The standard InChI is InChI=1S/C14H22FN3O2/c1-4-20-14(2,3)9-17-8-11-6-5-10(7-12(11)15)13(16)18-19/h5-7,17,19H,4,8-9H2,1-3H3,(H2,16,18). The van der Waals surface area contributed by atoms with Crippen LogP contribution < -0.4 is 11.1 Å². The van der Waals surface area contributed by atoms with E-state index in [1.807, 2.05) is 20.8 Å². The van der Waals surface area contributed by atoms with Crippen LogP contribution in [0.4, 0.5) is 4.39 Å². The number of nitrogens with two attached hydrogens (primary N) is 1. The fourth-order valence-corrected chi connectivity index (χ4v) is 1.85. The lowest BCUT2D eigenvalue weighted by molar-refractivity contribution is -0.00901. The molecule has 0 aliphatic rings. The van der Waals surface area contributed by atoms with Gasteiger partial charge in [-0.2, -0.15) is 0 Å². The van der Waals surface area contributed by atoms with E-state index >= 15 is 0 Å². The third-order valence-electron chi connectivity index (χ3n) is 2.86. The first-order valence-electron chi connectivity index (χ1n) is 6.50. The number of nitrogens with one attached hydrogen (secondary N) is 1. The maximum atomic E-state index is 13.9. The molecule has 0 saturated carbocycles. The van der Waals surface area contributed by atoms with Gasteiger partial charge in [-0.3, -0.25) is 0 Å². The molecule has 1 rings (SSSR count). The first-order chi connectivity index (χ1) is 9.39. The Bertz CT molecular complexity index is 475. The van der Waals surface area contributed by atoms with Gasteiger partial charge < -0.3 is 21.0 Å². The number of hydrogen-bond donors (Lipinski definition) is 3. The molecular weight excluding hydrogens is 261 g/mol. The van der Waals surface area contributed by atoms with Gasteiger partial charge in [-0.15, -0.1) is 0 Å². The Morgan fingerprint density at radius 1 is 1.50 bits per heavy atom. The van der Waals surface area contributed by atoms with Crippen molar-refractivity contribution in [2.75, 3.05) is 13.2 Å². The Hall–Kier alpha value is -1.66. The number of nitrogens with zero attached hydrogens (tertiary/aromatic N) is 1. The number of halogens is 1. The maximum absolute atomic E-state index is 13.9. The van der Waals surface area contributed by atoms with Gasteiger partial charge in [-0.05, 0) is 26.8 Å². The van der Waals surface area contributed by atoms with Crippen LogP contribution in [0.3, 0.4) is 0 Å². The minimum atomic E-state index is -0.393. The SMILES string of the molecule is CCOC(C)(C)CNCc1ccc(/C(N)=N/O)cc1F. The lowest BCUT2D eigenvalue weighted by Crippen LogP contribution is -2.37. The molecule has 0 heterocycles. The van der Waals surface area contributed by atoms with Gasteiger partial charge in [0.25, 0.3) is 0 Å². The van der Waals surface area contributed by atoms with Crippen LogP contribution in [0, 0.1) is 5.82 Å². The second-order valence-corrected chi connectivity index (χ2v) is 5.09. The molecular formula is C14H22FN3O2. The third-order valence-corrected chi connectivity index (χ3v) is 2.86. The number of amidine groups is 1. The molecule has 1 aromatic rings. The molecule has 0 aromatic heterocycles. The highest BCUT2D eigenvalue weighted by atomic mass is 19.1. The number of rotatable bonds is 7. The van der Waals surface area contributed by atoms with Crippen molar-refractivity contribution < 1.29 is 14.3 Å². The van der Waals surface area contributed by atoms with Gasteiger partial charge in [0.05, 0.1) is 5.60 Å². The molecule has 6 heteroatoms. The maximum Gasteiger partial charge on any atom is 0.170 e. The van der Waals surface area contributed by atoms with Crippen LogP contribution in [0.2, 0.25) is 0 Å². The first kappa shape index (κ1) is 16.4. The van der Waals surface area contributed by atoms with Gasteiger partial charge >= 0.3 is 0 Å². The van der Waals surface area contributed by atoms with Gasteiger partial charge in [0.1, 0.15) is 5.82 Å². The normalized spacial score (nSPS) is 12.7. The second-order valence-electron chi connectivity index (χ2n) is 5.09. The second kappa shape index (κ2) is 7.21. The fraction of sp³-hybridized carbons (Fsp3) is 0.500. The lowest BCUT2D eigenvalue weighted by atomic mass is 10.1. The predicted octanol–water partition coefficient (Wildman–Crippen LogP) is 1.82. The summed E-state index contributed by atoms with van der Waals surface area (Å²) >= 11 is 0. The van der Waals surface area contributed by atoms with E-state index in [-0.39, 0.29) is 11.4 Å². The minimum Gasteiger partial charge on any atom is -0.409 e. The Labute approximate surface area is 118 Å². The molecule has 4 N–H and O–H groups in total. The molecule has 0 fully saturated rings. The molecule has 0 unspecified atom stereocenters. The average Bonchev–Trinajstić information content (AvgIpc) is 2.39. The smallest absolute Gasteiger partial charge is 0.170 e. The molecule has 5 nitrogen and oxygen atoms in total. The van der Waals surface area contributed by atoms with Crippen LogP contribution in [0.5, 0.6) is 0 Å². The van der Waals surface area contributed by atoms with Crippen molar-refractivity contribution in [2.24, 2.45) is 10.9 Å². The van der Waals surface area contributed by atoms with Crippen molar-refractivity contribution in [3.8, 4) is 0 Å². The van der Waals surface area contributed by atoms with Crippen LogP contribution in [0.25, 0.3) is 0 Å². The molecule has 0 atom stereocenters. The quantitative estimate of drug-likeness (QED) is 0.309. The fourth-order valence-electron chi connectivity index (χ4n) is 1.85. The molecule has 0 spiro atoms. The highest BCUT2D eigenvalue weighted by molar-refractivity contribution is 5.97. The molecule has 0 radical (unpaired) electrons. The summed E-state index contributed by atoms with van der Waals surface area (Å²) in [5, 5.41) is 14.5. The lowest BCUT2D eigenvalue weighted by Gasteiger charge is -2.25. The summed E-state index contributed by atoms with van der Waals surface area (Å²) in [4.78, 5) is 0. The highest BCUT2D eigenvalue weighted by Gasteiger charge is 2.17. The monoisotopic (exact) mass is 283 g/mol. The van der Waals surface area contributed by atoms with Gasteiger partial charge in [0.15, 0.2) is 5.84 Å². The van der Waals surface area contributed by atoms with Crippen molar-refractivity contribution in [3.63, 3.8) is 0 Å². The number of oxime groups is 1. The van der Waals surface area contributed by atoms with Crippen LogP contribution in [0.15, 0.2) is 23.4 Å². The summed E-state index contributed by atoms with van der Waals surface area (Å²) in [6.07, 6.45) is 0. The zero-order valence-corrected chi connectivity index (χ0v) is 12.1. The van der Waals surface area contributed by atoms with E-state index in [9.17, 15) is 4.39 Å². The topological polar surface area (TPSA) is 79.9 Å². The molecule has 0 bridgehead atoms. The van der Waals surface area contributed by atoms with Crippen LogP contribution in [-0.4, -0.2) is 29.8 Å². The largest absolute Gasteiger partial charge is 0.409 e. The number of benzene rings is 1. The summed E-state index contributed by atoms with van der Waals surface area (Å²) in [6.45, 7) is 7.52. The van der Waals surface area contributed by atoms with E-state index in [4.69, 9.17) is 15.7 Å². The Morgan fingerprint density at radius 3 is 2.75 bits per heavy atom. The average molecular weight is 283 g/mol. The Kier molecular flexibility index (Phi) is 5.91. The van der Waals surface area contributed by atoms with Crippen LogP contribution in [-0.2, 0) is 11.3 Å². The van der Waals surface area contributed by atoms with E-state index in [1.165, 1.54) is 6.07 Å². The van der Waals surface area contributed by atoms with Crippen molar-refractivity contribution in [1.29, 1.82) is 0 Å². The van der Waals surface area contributed by atoms with E-state index in [0.717, 1.165) is 0 Å². The van der Waals surface area contributed by atoms with Gasteiger partial charge in [0, 0.05) is 30.8 Å². The van der Waals surface area contributed by atoms with E-state index in [2.05, 4.69) is 10.5 Å². The first-order valence-corrected chi connectivity index (χ1v) is 6.50.